The quantitative estimate of drug-likeness (QED) is 0.625. The van der Waals surface area contributed by atoms with Gasteiger partial charge in [0, 0.05) is 5.69 Å². The van der Waals surface area contributed by atoms with Crippen molar-refractivity contribution in [3.8, 4) is 0 Å². The first-order valence-corrected chi connectivity index (χ1v) is 7.05. The van der Waals surface area contributed by atoms with Gasteiger partial charge in [-0.2, -0.15) is 0 Å². The molecule has 0 atom stereocenters. The summed E-state index contributed by atoms with van der Waals surface area (Å²) in [6, 6.07) is 8.05. The van der Waals surface area contributed by atoms with Crippen LogP contribution in [0.1, 0.15) is 20.7 Å². The fourth-order valence-corrected chi connectivity index (χ4v) is 2.47. The van der Waals surface area contributed by atoms with Crippen LogP contribution in [0.4, 0.5) is 5.69 Å². The summed E-state index contributed by atoms with van der Waals surface area (Å²) in [5.74, 6) is -1.93. The van der Waals surface area contributed by atoms with E-state index in [-0.39, 0.29) is 32.3 Å². The number of carbonyl (C=O) groups is 2. The Morgan fingerprint density at radius 3 is 2.17 bits per heavy atom. The van der Waals surface area contributed by atoms with Gasteiger partial charge in [0.25, 0.3) is 5.91 Å². The third kappa shape index (κ3) is 4.03. The number of hydrogen-bond donors (Lipinski definition) is 4. The lowest BCUT2D eigenvalue weighted by atomic mass is 9.79. The fourth-order valence-electron chi connectivity index (χ4n) is 1.90. The molecule has 2 aromatic rings. The summed E-state index contributed by atoms with van der Waals surface area (Å²) in [5, 5.41) is 30.1. The van der Waals surface area contributed by atoms with Crippen LogP contribution in [0, 0.1) is 0 Å². The number of anilines is 1. The highest BCUT2D eigenvalue weighted by Gasteiger charge is 2.19. The van der Waals surface area contributed by atoms with Gasteiger partial charge in [0.05, 0.1) is 21.2 Å². The van der Waals surface area contributed by atoms with Crippen LogP contribution in [-0.4, -0.2) is 34.1 Å². The summed E-state index contributed by atoms with van der Waals surface area (Å²) >= 11 is 11.9. The standard InChI is InChI=1S/C14H10BCl2NO5/c16-10-2-1-3-11(17)12(10)13(19)18-9-5-7(14(20)21)4-8(6-9)15(22)23/h1-6,22-23H,(H,18,19)(H,20,21). The second-order valence-electron chi connectivity index (χ2n) is 4.57. The summed E-state index contributed by atoms with van der Waals surface area (Å²) in [6.45, 7) is 0. The van der Waals surface area contributed by atoms with Gasteiger partial charge in [0.15, 0.2) is 0 Å². The highest BCUT2D eigenvalue weighted by Crippen LogP contribution is 2.25. The molecule has 118 valence electrons. The molecular weight excluding hydrogens is 344 g/mol. The van der Waals surface area contributed by atoms with Gasteiger partial charge in [0.2, 0.25) is 0 Å². The van der Waals surface area contributed by atoms with Crippen molar-refractivity contribution in [3.05, 3.63) is 57.6 Å². The summed E-state index contributed by atoms with van der Waals surface area (Å²) in [6.07, 6.45) is 0. The number of rotatable bonds is 4. The van der Waals surface area contributed by atoms with Crippen LogP contribution in [-0.2, 0) is 0 Å². The average Bonchev–Trinajstić information content (AvgIpc) is 2.46. The zero-order valence-electron chi connectivity index (χ0n) is 11.5. The molecule has 0 saturated heterocycles. The van der Waals surface area contributed by atoms with Crippen LogP contribution in [0.2, 0.25) is 10.0 Å². The summed E-state index contributed by atoms with van der Waals surface area (Å²) in [7, 11) is -1.88. The van der Waals surface area contributed by atoms with Crippen molar-refractivity contribution in [2.75, 3.05) is 5.32 Å². The monoisotopic (exact) mass is 353 g/mol. The second-order valence-corrected chi connectivity index (χ2v) is 5.39. The third-order valence-electron chi connectivity index (χ3n) is 2.95. The molecule has 0 unspecified atom stereocenters. The minimum absolute atomic E-state index is 0.0302. The Balaban J connectivity index is 2.39. The molecule has 0 aromatic heterocycles. The predicted octanol–water partition coefficient (Wildman–Crippen LogP) is 1.62. The van der Waals surface area contributed by atoms with E-state index < -0.39 is 19.0 Å². The lowest BCUT2D eigenvalue weighted by Gasteiger charge is -2.11. The molecule has 0 heterocycles. The van der Waals surface area contributed by atoms with E-state index in [0.717, 1.165) is 6.07 Å². The number of amides is 1. The summed E-state index contributed by atoms with van der Waals surface area (Å²) in [5.41, 5.74) is -0.196. The fraction of sp³-hybridized carbons (Fsp3) is 0. The van der Waals surface area contributed by atoms with Gasteiger partial charge in [0.1, 0.15) is 0 Å². The number of benzene rings is 2. The molecule has 0 aliphatic rings. The second kappa shape index (κ2) is 7.01. The molecule has 0 saturated carbocycles. The van der Waals surface area contributed by atoms with E-state index in [0.29, 0.717) is 0 Å². The number of aromatic carboxylic acids is 1. The summed E-state index contributed by atoms with van der Waals surface area (Å²) in [4.78, 5) is 23.3. The molecule has 23 heavy (non-hydrogen) atoms. The highest BCUT2D eigenvalue weighted by molar-refractivity contribution is 6.58. The Hall–Kier alpha value is -2.06. The first kappa shape index (κ1) is 17.3. The lowest BCUT2D eigenvalue weighted by Crippen LogP contribution is -2.31. The predicted molar refractivity (Wildman–Crippen MR) is 87.6 cm³/mol. The van der Waals surface area contributed by atoms with Crippen LogP contribution in [0.3, 0.4) is 0 Å². The Morgan fingerprint density at radius 2 is 1.65 bits per heavy atom. The minimum atomic E-state index is -1.88. The summed E-state index contributed by atoms with van der Waals surface area (Å²) < 4.78 is 0. The molecule has 0 bridgehead atoms. The molecule has 9 heteroatoms. The van der Waals surface area contributed by atoms with Crippen LogP contribution < -0.4 is 10.8 Å². The van der Waals surface area contributed by atoms with E-state index in [1.807, 2.05) is 0 Å². The number of carboxylic acids is 1. The zero-order valence-corrected chi connectivity index (χ0v) is 13.0. The normalized spacial score (nSPS) is 10.3. The van der Waals surface area contributed by atoms with Crippen molar-refractivity contribution in [2.24, 2.45) is 0 Å². The Kier molecular flexibility index (Phi) is 5.28. The molecule has 0 aliphatic heterocycles. The maximum Gasteiger partial charge on any atom is 0.488 e. The van der Waals surface area contributed by atoms with Crippen LogP contribution >= 0.6 is 23.2 Å². The molecular formula is C14H10BCl2NO5. The van der Waals surface area contributed by atoms with E-state index in [1.54, 1.807) is 6.07 Å². The molecule has 0 aliphatic carbocycles. The number of carbonyl (C=O) groups excluding carboxylic acids is 1. The van der Waals surface area contributed by atoms with Gasteiger partial charge in [-0.05, 0) is 35.8 Å². The van der Waals surface area contributed by atoms with Crippen molar-refractivity contribution in [1.29, 1.82) is 0 Å². The van der Waals surface area contributed by atoms with Crippen molar-refractivity contribution in [2.45, 2.75) is 0 Å². The van der Waals surface area contributed by atoms with E-state index >= 15 is 0 Å². The van der Waals surface area contributed by atoms with E-state index in [1.165, 1.54) is 24.3 Å². The highest BCUT2D eigenvalue weighted by atomic mass is 35.5. The largest absolute Gasteiger partial charge is 0.488 e. The molecule has 2 aromatic carbocycles. The molecule has 1 amide bonds. The van der Waals surface area contributed by atoms with Gasteiger partial charge in [-0.25, -0.2) is 4.79 Å². The van der Waals surface area contributed by atoms with Crippen molar-refractivity contribution in [3.63, 3.8) is 0 Å². The number of carboxylic acid groups (broad SMARTS) is 1. The molecule has 0 spiro atoms. The van der Waals surface area contributed by atoms with Crippen LogP contribution in [0.5, 0.6) is 0 Å². The maximum absolute atomic E-state index is 12.3. The van der Waals surface area contributed by atoms with E-state index in [4.69, 9.17) is 28.3 Å². The zero-order chi connectivity index (χ0) is 17.1. The minimum Gasteiger partial charge on any atom is -0.478 e. The Bertz CT molecular complexity index is 762. The molecule has 2 rings (SSSR count). The van der Waals surface area contributed by atoms with Gasteiger partial charge < -0.3 is 20.5 Å². The first-order valence-electron chi connectivity index (χ1n) is 6.29. The molecule has 0 radical (unpaired) electrons. The Labute approximate surface area is 141 Å². The van der Waals surface area contributed by atoms with E-state index in [9.17, 15) is 19.6 Å². The Morgan fingerprint density at radius 1 is 1.04 bits per heavy atom. The third-order valence-corrected chi connectivity index (χ3v) is 3.58. The molecule has 4 N–H and O–H groups in total. The van der Waals surface area contributed by atoms with Crippen LogP contribution in [0.25, 0.3) is 0 Å². The van der Waals surface area contributed by atoms with Crippen molar-refractivity contribution < 1.29 is 24.7 Å². The number of nitrogens with one attached hydrogen (secondary N) is 1. The lowest BCUT2D eigenvalue weighted by molar-refractivity contribution is 0.0696. The maximum atomic E-state index is 12.3. The van der Waals surface area contributed by atoms with Crippen molar-refractivity contribution in [1.82, 2.24) is 0 Å². The van der Waals surface area contributed by atoms with Gasteiger partial charge >= 0.3 is 13.1 Å². The molecule has 0 fully saturated rings. The number of hydrogen-bond acceptors (Lipinski definition) is 4. The number of halogens is 2. The van der Waals surface area contributed by atoms with Gasteiger partial charge in [-0.3, -0.25) is 4.79 Å². The smallest absolute Gasteiger partial charge is 0.478 e. The van der Waals surface area contributed by atoms with Gasteiger partial charge in [-0.15, -0.1) is 0 Å². The molecule has 6 nitrogen and oxygen atoms in total. The van der Waals surface area contributed by atoms with Crippen LogP contribution in [0.15, 0.2) is 36.4 Å². The SMILES string of the molecule is O=C(O)c1cc(NC(=O)c2c(Cl)cccc2Cl)cc(B(O)O)c1. The average molecular weight is 354 g/mol. The first-order chi connectivity index (χ1) is 10.8. The topological polar surface area (TPSA) is 107 Å². The van der Waals surface area contributed by atoms with Gasteiger partial charge in [-0.1, -0.05) is 29.3 Å². The van der Waals surface area contributed by atoms with E-state index in [2.05, 4.69) is 5.32 Å². The van der Waals surface area contributed by atoms with Crippen molar-refractivity contribution >= 4 is 53.3 Å².